The summed E-state index contributed by atoms with van der Waals surface area (Å²) in [5, 5.41) is 62.1. The van der Waals surface area contributed by atoms with Gasteiger partial charge < -0.3 is 15.3 Å². The van der Waals surface area contributed by atoms with E-state index in [0.717, 1.165) is 40.9 Å². The van der Waals surface area contributed by atoms with Crippen molar-refractivity contribution in [2.45, 2.75) is 53.4 Å². The van der Waals surface area contributed by atoms with Gasteiger partial charge in [-0.1, -0.05) is 50.2 Å². The summed E-state index contributed by atoms with van der Waals surface area (Å²) in [7, 11) is 0. The first kappa shape index (κ1) is 47.1. The molecule has 0 aliphatic carbocycles. The number of hydrogen-bond donors (Lipinski definition) is 4. The molecule has 2 aliphatic heterocycles. The van der Waals surface area contributed by atoms with Gasteiger partial charge in [-0.2, -0.15) is 31.2 Å². The average Bonchev–Trinajstić information content (AvgIpc) is 3.82. The van der Waals surface area contributed by atoms with Gasteiger partial charge in [0.1, 0.15) is 34.7 Å². The molecule has 314 valence electrons. The molecule has 2 aliphatic rings. The number of aromatic carboxylic acids is 1. The number of rotatable bonds is 6. The first-order chi connectivity index (χ1) is 29.5. The number of halogens is 1. The molecule has 13 nitrogen and oxygen atoms in total. The maximum atomic E-state index is 12.9. The van der Waals surface area contributed by atoms with Crippen molar-refractivity contribution in [3.05, 3.63) is 152 Å². The topological polar surface area (TPSA) is 222 Å². The number of nitrogens with zero attached hydrogens (tertiary/aromatic N) is 7. The third-order valence-corrected chi connectivity index (χ3v) is 10.6. The Kier molecular flexibility index (Phi) is 16.4. The predicted molar refractivity (Wildman–Crippen MR) is 239 cm³/mol. The van der Waals surface area contributed by atoms with Crippen LogP contribution in [0, 0.1) is 73.0 Å². The Morgan fingerprint density at radius 1 is 0.629 bits per heavy atom. The molecule has 0 radical (unpaired) electrons. The minimum Gasteiger partial charge on any atom is -0.478 e. The molecule has 62 heavy (non-hydrogen) atoms. The van der Waals surface area contributed by atoms with E-state index < -0.39 is 5.97 Å². The number of hydrogen-bond acceptors (Lipinski definition) is 9. The lowest BCUT2D eigenvalue weighted by Crippen LogP contribution is -2.48. The lowest BCUT2D eigenvalue weighted by molar-refractivity contribution is 0.0601. The molecule has 4 aromatic carbocycles. The van der Waals surface area contributed by atoms with E-state index in [1.165, 1.54) is 17.7 Å². The second-order valence-electron chi connectivity index (χ2n) is 14.5. The second-order valence-corrected chi connectivity index (χ2v) is 14.5. The molecule has 0 unspecified atom stereocenters. The van der Waals surface area contributed by atoms with Crippen LogP contribution >= 0.6 is 12.4 Å². The minimum absolute atomic E-state index is 0. The maximum Gasteiger partial charge on any atom is 0.335 e. The molecule has 2 fully saturated rings. The van der Waals surface area contributed by atoms with E-state index in [0.29, 0.717) is 69.6 Å². The van der Waals surface area contributed by atoms with Crippen molar-refractivity contribution in [3.8, 4) is 46.8 Å². The first-order valence-electron chi connectivity index (χ1n) is 19.8. The van der Waals surface area contributed by atoms with E-state index in [2.05, 4.69) is 50.0 Å². The Morgan fingerprint density at radius 2 is 1.05 bits per heavy atom. The zero-order valence-electron chi connectivity index (χ0n) is 35.4. The number of nitrogens with one attached hydrogen (secondary N) is 3. The van der Waals surface area contributed by atoms with Crippen molar-refractivity contribution in [3.63, 3.8) is 0 Å². The van der Waals surface area contributed by atoms with Gasteiger partial charge in [-0.15, -0.1) is 12.4 Å². The molecule has 0 atom stereocenters. The van der Waals surface area contributed by atoms with Crippen molar-refractivity contribution in [1.29, 1.82) is 21.0 Å². The molecule has 6 aromatic rings. The van der Waals surface area contributed by atoms with Gasteiger partial charge >= 0.3 is 5.97 Å². The molecular formula is C48H47ClN10O3. The van der Waals surface area contributed by atoms with Gasteiger partial charge in [0.05, 0.1) is 40.2 Å². The fourth-order valence-electron chi connectivity index (χ4n) is 6.76. The number of carbonyl (C=O) groups is 2. The van der Waals surface area contributed by atoms with E-state index >= 15 is 0 Å². The lowest BCUT2D eigenvalue weighted by Gasteiger charge is -2.39. The molecular weight excluding hydrogens is 800 g/mol. The number of carbonyl (C=O) groups excluding carboxylic acids is 1. The van der Waals surface area contributed by atoms with E-state index in [1.54, 1.807) is 13.0 Å². The van der Waals surface area contributed by atoms with Crippen LogP contribution < -0.4 is 5.32 Å². The quantitative estimate of drug-likeness (QED) is 0.125. The van der Waals surface area contributed by atoms with Crippen LogP contribution in [0.2, 0.25) is 0 Å². The Hall–Kier alpha value is -7.55. The van der Waals surface area contributed by atoms with Crippen LogP contribution in [0.25, 0.3) is 22.5 Å². The Morgan fingerprint density at radius 3 is 1.44 bits per heavy atom. The SMILES string of the molecule is CC.Cc1ccc(C(=O)N2CC(c3ccc(C#N)cc3)C2)cc1-c1n[nH]c(C)c1C#N.Cc1ccc(C(=O)O)cc1-c1n[nH]c(C)c1C#N.Cl.N#Cc1ccc(C2CNC2)cc1. The number of aromatic amines is 2. The largest absolute Gasteiger partial charge is 0.478 e. The highest BCUT2D eigenvalue weighted by Gasteiger charge is 2.32. The van der Waals surface area contributed by atoms with Crippen LogP contribution in [0.4, 0.5) is 0 Å². The second kappa shape index (κ2) is 21.6. The number of nitriles is 4. The van der Waals surface area contributed by atoms with Crippen LogP contribution in [0.3, 0.4) is 0 Å². The van der Waals surface area contributed by atoms with Gasteiger partial charge in [-0.05, 0) is 98.5 Å². The summed E-state index contributed by atoms with van der Waals surface area (Å²) in [6, 6.07) is 34.2. The van der Waals surface area contributed by atoms with E-state index in [-0.39, 0.29) is 29.8 Å². The number of amides is 1. The number of benzene rings is 4. The molecule has 4 heterocycles. The van der Waals surface area contributed by atoms with Crippen LogP contribution in [0.5, 0.6) is 0 Å². The highest BCUT2D eigenvalue weighted by Crippen LogP contribution is 2.32. The van der Waals surface area contributed by atoms with Crippen molar-refractivity contribution in [2.75, 3.05) is 26.2 Å². The summed E-state index contributed by atoms with van der Waals surface area (Å²) in [5.41, 5.74) is 11.3. The van der Waals surface area contributed by atoms with Gasteiger partial charge in [-0.3, -0.25) is 15.0 Å². The van der Waals surface area contributed by atoms with Crippen LogP contribution in [0.15, 0.2) is 84.9 Å². The molecule has 0 bridgehead atoms. The van der Waals surface area contributed by atoms with Crippen molar-refractivity contribution in [2.24, 2.45) is 0 Å². The molecule has 4 N–H and O–H groups in total. The zero-order valence-corrected chi connectivity index (χ0v) is 36.2. The number of likely N-dealkylation sites (tertiary alicyclic amines) is 1. The van der Waals surface area contributed by atoms with Gasteiger partial charge in [0, 0.05) is 54.7 Å². The van der Waals surface area contributed by atoms with Gasteiger partial charge in [-0.25, -0.2) is 4.79 Å². The van der Waals surface area contributed by atoms with Crippen LogP contribution in [0.1, 0.15) is 102 Å². The van der Waals surface area contributed by atoms with Gasteiger partial charge in [0.2, 0.25) is 0 Å². The predicted octanol–water partition coefficient (Wildman–Crippen LogP) is 8.63. The molecule has 8 rings (SSSR count). The van der Waals surface area contributed by atoms with E-state index in [1.807, 2.05) is 106 Å². The van der Waals surface area contributed by atoms with Crippen molar-refractivity contribution < 1.29 is 14.7 Å². The molecule has 2 aromatic heterocycles. The van der Waals surface area contributed by atoms with E-state index in [9.17, 15) is 14.9 Å². The number of carboxylic acid groups (broad SMARTS) is 1. The number of carboxylic acids is 1. The number of aromatic nitrogens is 4. The smallest absolute Gasteiger partial charge is 0.335 e. The van der Waals surface area contributed by atoms with Crippen molar-refractivity contribution in [1.82, 2.24) is 30.6 Å². The molecule has 1 amide bonds. The number of aryl methyl sites for hydroxylation is 4. The number of H-pyrrole nitrogens is 2. The van der Waals surface area contributed by atoms with Crippen LogP contribution in [-0.4, -0.2) is 68.5 Å². The van der Waals surface area contributed by atoms with Gasteiger partial charge in [0.25, 0.3) is 5.91 Å². The maximum absolute atomic E-state index is 12.9. The zero-order chi connectivity index (χ0) is 44.2. The Bertz CT molecular complexity index is 2700. The van der Waals surface area contributed by atoms with Crippen LogP contribution in [-0.2, 0) is 0 Å². The highest BCUT2D eigenvalue weighted by atomic mass is 35.5. The van der Waals surface area contributed by atoms with E-state index in [4.69, 9.17) is 20.9 Å². The third kappa shape index (κ3) is 10.6. The summed E-state index contributed by atoms with van der Waals surface area (Å²) >= 11 is 0. The molecule has 0 saturated carbocycles. The monoisotopic (exact) mass is 846 g/mol. The summed E-state index contributed by atoms with van der Waals surface area (Å²) in [6.45, 7) is 14.8. The summed E-state index contributed by atoms with van der Waals surface area (Å²) in [6.07, 6.45) is 0. The fraction of sp³-hybridized carbons (Fsp3) is 0.250. The molecule has 14 heteroatoms. The first-order valence-corrected chi connectivity index (χ1v) is 19.8. The fourth-order valence-corrected chi connectivity index (χ4v) is 6.76. The van der Waals surface area contributed by atoms with Gasteiger partial charge in [0.15, 0.2) is 0 Å². The Labute approximate surface area is 367 Å². The highest BCUT2D eigenvalue weighted by molar-refractivity contribution is 5.96. The average molecular weight is 847 g/mol. The normalized spacial score (nSPS) is 12.5. The molecule has 0 spiro atoms. The van der Waals surface area contributed by atoms with Crippen molar-refractivity contribution >= 4 is 24.3 Å². The lowest BCUT2D eigenvalue weighted by atomic mass is 9.90. The summed E-state index contributed by atoms with van der Waals surface area (Å²) in [4.78, 5) is 25.7. The Balaban J connectivity index is 0.000000218. The standard InChI is InChI=1S/C23H19N5O.C13H11N3O2.C10H10N2.C2H6.ClH/c1-14-3-6-18(9-20(14)22-21(11-25)15(2)26-27-22)23(29)28-12-19(13-28)17-7-4-16(10-24)5-8-17;1-7-3-4-9(13(17)18)5-10(7)12-11(6-14)8(2)15-16-12;11-5-8-1-3-9(4-2-8)10-6-12-7-10;1-2;/h3-9,19H,12-13H2,1-2H3,(H,26,27);3-5H,1-2H3,(H,15,16)(H,17,18);1-4,10,12H,6-7H2;1-2H3;1H. The summed E-state index contributed by atoms with van der Waals surface area (Å²) in [5.74, 6) is -0.0718. The summed E-state index contributed by atoms with van der Waals surface area (Å²) < 4.78 is 0. The minimum atomic E-state index is -0.998. The molecule has 2 saturated heterocycles. The third-order valence-electron chi connectivity index (χ3n) is 10.6.